The van der Waals surface area contributed by atoms with Crippen molar-refractivity contribution >= 4 is 30.1 Å². The van der Waals surface area contributed by atoms with Gasteiger partial charge in [-0.15, -0.1) is 0 Å². The molecule has 0 N–H and O–H groups in total. The molecule has 0 aromatic rings. The minimum absolute atomic E-state index is 0.419. The maximum Gasteiger partial charge on any atom is 0.390 e. The van der Waals surface area contributed by atoms with Gasteiger partial charge in [0.1, 0.15) is 5.60 Å². The predicted molar refractivity (Wildman–Crippen MR) is 63.4 cm³/mol. The molecular formula is C7H17O7S2Si-. The number of hydrogen-bond donors (Lipinski definition) is 0. The van der Waals surface area contributed by atoms with Gasteiger partial charge in [0.2, 0.25) is 8.32 Å². The predicted octanol–water partition coefficient (Wildman–Crippen LogP) is 0.689. The van der Waals surface area contributed by atoms with Crippen molar-refractivity contribution in [3.05, 3.63) is 0 Å². The fourth-order valence-electron chi connectivity index (χ4n) is 0.814. The molecule has 0 aliphatic carbocycles. The first kappa shape index (κ1) is 17.2. The lowest BCUT2D eigenvalue weighted by Gasteiger charge is -2.26. The van der Waals surface area contributed by atoms with Crippen LogP contribution in [0.5, 0.6) is 0 Å². The molecule has 0 spiro atoms. The van der Waals surface area contributed by atoms with Gasteiger partial charge < -0.3 is 4.55 Å². The van der Waals surface area contributed by atoms with Crippen LogP contribution in [0, 0.1) is 0 Å². The normalized spacial score (nSPS) is 15.9. The van der Waals surface area contributed by atoms with Crippen LogP contribution >= 0.6 is 0 Å². The van der Waals surface area contributed by atoms with Crippen molar-refractivity contribution in [1.29, 1.82) is 0 Å². The molecular weight excluding hydrogens is 288 g/mol. The minimum atomic E-state index is -4.16. The van der Waals surface area contributed by atoms with E-state index >= 15 is 0 Å². The number of rotatable bonds is 7. The van der Waals surface area contributed by atoms with Gasteiger partial charge in [0, 0.05) is 0 Å². The summed E-state index contributed by atoms with van der Waals surface area (Å²) in [6.45, 7) is 7.39. The maximum atomic E-state index is 11.5. The third-order valence-corrected chi connectivity index (χ3v) is 4.96. The fraction of sp³-hybridized carbons (Fsp3) is 1.00. The summed E-state index contributed by atoms with van der Waals surface area (Å²) in [5, 5.41) is 0. The topological polar surface area (TPSA) is 102 Å². The van der Waals surface area contributed by atoms with Crippen molar-refractivity contribution in [1.82, 2.24) is 0 Å². The van der Waals surface area contributed by atoms with Gasteiger partial charge in [-0.25, -0.2) is 8.39 Å². The maximum absolute atomic E-state index is 11.5. The molecule has 0 rings (SSSR count). The molecule has 10 heteroatoms. The molecule has 0 aliphatic rings. The summed E-state index contributed by atoms with van der Waals surface area (Å²) in [4.78, 5) is 0. The molecule has 0 aromatic carbocycles. The van der Waals surface area contributed by atoms with E-state index in [0.29, 0.717) is 0 Å². The van der Waals surface area contributed by atoms with E-state index in [9.17, 15) is 17.2 Å². The molecule has 0 heterocycles. The largest absolute Gasteiger partial charge is 0.750 e. The standard InChI is InChI=1S/C7H18O7S2Si/c1-7(2,6-12-15(8)9)13-16(10,11)14-17(3,4)5/h6H2,1-5H3,(H,8,9)/p-1. The zero-order valence-corrected chi connectivity index (χ0v) is 13.0. The zero-order valence-electron chi connectivity index (χ0n) is 10.4. The van der Waals surface area contributed by atoms with E-state index in [1.807, 2.05) is 0 Å². The molecule has 0 saturated carbocycles. The molecule has 0 bridgehead atoms. The summed E-state index contributed by atoms with van der Waals surface area (Å²) in [5.41, 5.74) is -1.32. The van der Waals surface area contributed by atoms with Crippen molar-refractivity contribution < 1.29 is 29.4 Å². The molecule has 0 saturated heterocycles. The Morgan fingerprint density at radius 1 is 1.29 bits per heavy atom. The highest BCUT2D eigenvalue weighted by Gasteiger charge is 2.32. The highest BCUT2D eigenvalue weighted by Crippen LogP contribution is 2.18. The minimum Gasteiger partial charge on any atom is -0.750 e. The van der Waals surface area contributed by atoms with Gasteiger partial charge in [0.15, 0.2) is 0 Å². The average molecular weight is 305 g/mol. The van der Waals surface area contributed by atoms with Gasteiger partial charge in [-0.3, -0.25) is 8.06 Å². The van der Waals surface area contributed by atoms with Gasteiger partial charge in [0.25, 0.3) is 0 Å². The van der Waals surface area contributed by atoms with Crippen LogP contribution in [-0.2, 0) is 34.0 Å². The van der Waals surface area contributed by atoms with E-state index in [2.05, 4.69) is 4.18 Å². The molecule has 7 nitrogen and oxygen atoms in total. The van der Waals surface area contributed by atoms with Crippen LogP contribution in [0.15, 0.2) is 0 Å². The Kier molecular flexibility index (Phi) is 5.92. The van der Waals surface area contributed by atoms with Crippen LogP contribution in [0.25, 0.3) is 0 Å². The summed E-state index contributed by atoms with van der Waals surface area (Å²) in [6, 6.07) is 0. The second-order valence-electron chi connectivity index (χ2n) is 4.91. The van der Waals surface area contributed by atoms with E-state index < -0.39 is 42.3 Å². The molecule has 0 aromatic heterocycles. The van der Waals surface area contributed by atoms with Crippen molar-refractivity contribution in [2.24, 2.45) is 0 Å². The van der Waals surface area contributed by atoms with Gasteiger partial charge >= 0.3 is 10.4 Å². The molecule has 0 aliphatic heterocycles. The smallest absolute Gasteiger partial charge is 0.390 e. The lowest BCUT2D eigenvalue weighted by molar-refractivity contribution is 0.0494. The van der Waals surface area contributed by atoms with Crippen LogP contribution in [0.3, 0.4) is 0 Å². The van der Waals surface area contributed by atoms with Crippen LogP contribution in [0.1, 0.15) is 13.8 Å². The molecule has 0 radical (unpaired) electrons. The lowest BCUT2D eigenvalue weighted by Crippen LogP contribution is -2.38. The SMILES string of the molecule is CC(C)(COS(=O)[O-])OS(=O)(=O)O[Si](C)(C)C. The first-order chi connectivity index (χ1) is 7.33. The van der Waals surface area contributed by atoms with Crippen LogP contribution in [-0.4, -0.2) is 37.7 Å². The number of hydrogen-bond acceptors (Lipinski definition) is 7. The van der Waals surface area contributed by atoms with Gasteiger partial charge in [0.05, 0.1) is 18.0 Å². The quantitative estimate of drug-likeness (QED) is 0.503. The fourth-order valence-corrected chi connectivity index (χ4v) is 4.38. The molecule has 0 amide bonds. The molecule has 1 atom stereocenters. The third-order valence-electron chi connectivity index (χ3n) is 1.18. The van der Waals surface area contributed by atoms with E-state index in [1.165, 1.54) is 13.8 Å². The first-order valence-corrected chi connectivity index (χ1v) is 10.5. The summed E-state index contributed by atoms with van der Waals surface area (Å²) in [7, 11) is -6.48. The summed E-state index contributed by atoms with van der Waals surface area (Å²) >= 11 is -2.72. The second kappa shape index (κ2) is 5.86. The summed E-state index contributed by atoms with van der Waals surface area (Å²) in [5.74, 6) is 0. The van der Waals surface area contributed by atoms with E-state index in [-0.39, 0.29) is 0 Å². The average Bonchev–Trinajstić information content (AvgIpc) is 1.93. The third kappa shape index (κ3) is 9.82. The monoisotopic (exact) mass is 305 g/mol. The highest BCUT2D eigenvalue weighted by molar-refractivity contribution is 7.83. The Morgan fingerprint density at radius 3 is 2.12 bits per heavy atom. The Hall–Kier alpha value is 0.157. The first-order valence-electron chi connectivity index (χ1n) is 4.72. The van der Waals surface area contributed by atoms with Crippen LogP contribution in [0.2, 0.25) is 19.6 Å². The molecule has 0 fully saturated rings. The Labute approximate surface area is 105 Å². The molecule has 1 unspecified atom stereocenters. The highest BCUT2D eigenvalue weighted by atomic mass is 32.3. The van der Waals surface area contributed by atoms with Crippen LogP contribution < -0.4 is 0 Å². The zero-order chi connectivity index (χ0) is 13.9. The Bertz CT molecular complexity index is 370. The van der Waals surface area contributed by atoms with Gasteiger partial charge in [-0.05, 0) is 33.5 Å². The lowest BCUT2D eigenvalue weighted by atomic mass is 10.2. The van der Waals surface area contributed by atoms with Crippen molar-refractivity contribution in [2.75, 3.05) is 6.61 Å². The van der Waals surface area contributed by atoms with Crippen LogP contribution in [0.4, 0.5) is 0 Å². The van der Waals surface area contributed by atoms with E-state index in [0.717, 1.165) is 0 Å². The molecule has 17 heavy (non-hydrogen) atoms. The van der Waals surface area contributed by atoms with Crippen molar-refractivity contribution in [3.63, 3.8) is 0 Å². The van der Waals surface area contributed by atoms with Crippen molar-refractivity contribution in [3.8, 4) is 0 Å². The van der Waals surface area contributed by atoms with Crippen molar-refractivity contribution in [2.45, 2.75) is 39.1 Å². The molecule has 104 valence electrons. The summed E-state index contributed by atoms with van der Waals surface area (Å²) < 4.78 is 57.2. The van der Waals surface area contributed by atoms with E-state index in [4.69, 9.17) is 8.06 Å². The summed E-state index contributed by atoms with van der Waals surface area (Å²) in [6.07, 6.45) is 0. The van der Waals surface area contributed by atoms with Gasteiger partial charge in [-0.2, -0.15) is 8.42 Å². The Balaban J connectivity index is 4.54. The second-order valence-corrected chi connectivity index (χ2v) is 11.4. The van der Waals surface area contributed by atoms with E-state index in [1.54, 1.807) is 19.6 Å². The van der Waals surface area contributed by atoms with Gasteiger partial charge in [-0.1, -0.05) is 0 Å². The Morgan fingerprint density at radius 2 is 1.76 bits per heavy atom.